The van der Waals surface area contributed by atoms with Crippen LogP contribution in [0.4, 0.5) is 0 Å². The second-order valence-electron chi connectivity index (χ2n) is 5.56. The van der Waals surface area contributed by atoms with Gasteiger partial charge in [-0.25, -0.2) is 0 Å². The summed E-state index contributed by atoms with van der Waals surface area (Å²) in [5.74, 6) is 2.85. The van der Waals surface area contributed by atoms with E-state index in [2.05, 4.69) is 61.6 Å². The van der Waals surface area contributed by atoms with Gasteiger partial charge < -0.3 is 15.2 Å². The molecule has 116 valence electrons. The monoisotopic (exact) mass is 298 g/mol. The number of aromatic nitrogens is 3. The Kier molecular flexibility index (Phi) is 4.37. The summed E-state index contributed by atoms with van der Waals surface area (Å²) >= 11 is 0. The molecule has 0 bridgehead atoms. The Bertz CT molecular complexity index is 673. The molecule has 2 N–H and O–H groups in total. The summed E-state index contributed by atoms with van der Waals surface area (Å²) in [5.41, 5.74) is 2.51. The van der Waals surface area contributed by atoms with E-state index in [0.717, 1.165) is 43.5 Å². The zero-order valence-electron chi connectivity index (χ0n) is 13.1. The van der Waals surface area contributed by atoms with E-state index in [1.807, 2.05) is 0 Å². The molecule has 0 unspecified atom stereocenters. The zero-order chi connectivity index (χ0) is 15.4. The molecule has 0 atom stereocenters. The van der Waals surface area contributed by atoms with Crippen LogP contribution in [0.5, 0.6) is 0 Å². The van der Waals surface area contributed by atoms with Crippen molar-refractivity contribution in [2.45, 2.75) is 39.4 Å². The molecule has 0 spiro atoms. The Morgan fingerprint density at radius 1 is 1.27 bits per heavy atom. The molecular formula is C16H22N6. The number of rotatable bonds is 4. The van der Waals surface area contributed by atoms with Gasteiger partial charge in [0.2, 0.25) is 0 Å². The third-order valence-electron chi connectivity index (χ3n) is 3.87. The van der Waals surface area contributed by atoms with Crippen LogP contribution in [0.15, 0.2) is 29.3 Å². The van der Waals surface area contributed by atoms with Crippen LogP contribution in [-0.2, 0) is 26.1 Å². The molecule has 0 saturated carbocycles. The summed E-state index contributed by atoms with van der Waals surface area (Å²) in [6.45, 7) is 4.51. The number of benzene rings is 1. The highest BCUT2D eigenvalue weighted by atomic mass is 15.3. The van der Waals surface area contributed by atoms with Crippen LogP contribution in [0.1, 0.15) is 29.2 Å². The molecular weight excluding hydrogens is 276 g/mol. The Morgan fingerprint density at radius 3 is 2.95 bits per heavy atom. The van der Waals surface area contributed by atoms with Crippen molar-refractivity contribution in [3.8, 4) is 0 Å². The van der Waals surface area contributed by atoms with E-state index in [1.165, 1.54) is 11.1 Å². The molecule has 0 radical (unpaired) electrons. The van der Waals surface area contributed by atoms with E-state index < -0.39 is 0 Å². The third kappa shape index (κ3) is 3.27. The standard InChI is InChI=1S/C16H22N6/c1-12-5-3-6-13(9-12)10-18-16(17-2)19-11-15-21-20-14-7-4-8-22(14)15/h3,5-6,9H,4,7-8,10-11H2,1-2H3,(H2,17,18,19). The van der Waals surface area contributed by atoms with E-state index in [0.29, 0.717) is 6.54 Å². The summed E-state index contributed by atoms with van der Waals surface area (Å²) in [6, 6.07) is 8.45. The smallest absolute Gasteiger partial charge is 0.191 e. The number of nitrogens with zero attached hydrogens (tertiary/aromatic N) is 4. The minimum absolute atomic E-state index is 0.639. The van der Waals surface area contributed by atoms with Crippen LogP contribution in [-0.4, -0.2) is 27.8 Å². The lowest BCUT2D eigenvalue weighted by atomic mass is 10.1. The van der Waals surface area contributed by atoms with Gasteiger partial charge in [-0.05, 0) is 18.9 Å². The first-order valence-electron chi connectivity index (χ1n) is 7.67. The average molecular weight is 298 g/mol. The van der Waals surface area contributed by atoms with Crippen molar-refractivity contribution in [3.63, 3.8) is 0 Å². The molecule has 6 nitrogen and oxygen atoms in total. The fourth-order valence-corrected chi connectivity index (χ4v) is 2.73. The minimum atomic E-state index is 0.639. The third-order valence-corrected chi connectivity index (χ3v) is 3.87. The molecule has 2 heterocycles. The topological polar surface area (TPSA) is 67.1 Å². The predicted molar refractivity (Wildman–Crippen MR) is 86.6 cm³/mol. The molecule has 1 aromatic heterocycles. The summed E-state index contributed by atoms with van der Waals surface area (Å²) in [7, 11) is 1.78. The molecule has 0 saturated heterocycles. The molecule has 22 heavy (non-hydrogen) atoms. The molecule has 1 aromatic carbocycles. The number of fused-ring (bicyclic) bond motifs is 1. The number of guanidine groups is 1. The SMILES string of the molecule is CN=C(NCc1cccc(C)c1)NCc1nnc2n1CCC2. The van der Waals surface area contributed by atoms with Crippen molar-refractivity contribution in [1.82, 2.24) is 25.4 Å². The lowest BCUT2D eigenvalue weighted by Crippen LogP contribution is -2.37. The molecule has 3 rings (SSSR count). The Labute approximate surface area is 130 Å². The highest BCUT2D eigenvalue weighted by Crippen LogP contribution is 2.13. The zero-order valence-corrected chi connectivity index (χ0v) is 13.1. The second kappa shape index (κ2) is 6.60. The molecule has 2 aromatic rings. The van der Waals surface area contributed by atoms with E-state index in [9.17, 15) is 0 Å². The minimum Gasteiger partial charge on any atom is -0.352 e. The summed E-state index contributed by atoms with van der Waals surface area (Å²) in [5, 5.41) is 15.1. The van der Waals surface area contributed by atoms with Crippen LogP contribution in [0, 0.1) is 6.92 Å². The van der Waals surface area contributed by atoms with Crippen molar-refractivity contribution in [2.75, 3.05) is 7.05 Å². The lowest BCUT2D eigenvalue weighted by molar-refractivity contribution is 0.663. The van der Waals surface area contributed by atoms with Gasteiger partial charge in [0.1, 0.15) is 5.82 Å². The van der Waals surface area contributed by atoms with Gasteiger partial charge >= 0.3 is 0 Å². The van der Waals surface area contributed by atoms with Gasteiger partial charge in [-0.1, -0.05) is 29.8 Å². The van der Waals surface area contributed by atoms with E-state index in [1.54, 1.807) is 7.05 Å². The van der Waals surface area contributed by atoms with Gasteiger partial charge in [0.25, 0.3) is 0 Å². The van der Waals surface area contributed by atoms with E-state index >= 15 is 0 Å². The van der Waals surface area contributed by atoms with Gasteiger partial charge in [0, 0.05) is 26.6 Å². The Morgan fingerprint density at radius 2 is 2.14 bits per heavy atom. The van der Waals surface area contributed by atoms with E-state index in [-0.39, 0.29) is 0 Å². The average Bonchev–Trinajstić information content (AvgIpc) is 3.11. The molecule has 0 fully saturated rings. The quantitative estimate of drug-likeness (QED) is 0.661. The number of aryl methyl sites for hydroxylation is 2. The van der Waals surface area contributed by atoms with E-state index in [4.69, 9.17) is 0 Å². The maximum atomic E-state index is 4.26. The summed E-state index contributed by atoms with van der Waals surface area (Å²) < 4.78 is 2.20. The number of hydrogen-bond acceptors (Lipinski definition) is 3. The Balaban J connectivity index is 1.54. The molecule has 1 aliphatic heterocycles. The molecule has 1 aliphatic rings. The van der Waals surface area contributed by atoms with Crippen molar-refractivity contribution in [1.29, 1.82) is 0 Å². The first-order valence-corrected chi connectivity index (χ1v) is 7.67. The fourth-order valence-electron chi connectivity index (χ4n) is 2.73. The normalized spacial score (nSPS) is 14.0. The van der Waals surface area contributed by atoms with Crippen LogP contribution in [0.3, 0.4) is 0 Å². The Hall–Kier alpha value is -2.37. The maximum Gasteiger partial charge on any atom is 0.191 e. The van der Waals surface area contributed by atoms with Crippen molar-refractivity contribution in [3.05, 3.63) is 47.0 Å². The van der Waals surface area contributed by atoms with Crippen molar-refractivity contribution < 1.29 is 0 Å². The van der Waals surface area contributed by atoms with Crippen molar-refractivity contribution >= 4 is 5.96 Å². The second-order valence-corrected chi connectivity index (χ2v) is 5.56. The first-order chi connectivity index (χ1) is 10.8. The summed E-state index contributed by atoms with van der Waals surface area (Å²) in [4.78, 5) is 4.26. The number of hydrogen-bond donors (Lipinski definition) is 2. The van der Waals surface area contributed by atoms with Crippen LogP contribution in [0.25, 0.3) is 0 Å². The largest absolute Gasteiger partial charge is 0.352 e. The van der Waals surface area contributed by atoms with Crippen molar-refractivity contribution in [2.24, 2.45) is 4.99 Å². The number of nitrogens with one attached hydrogen (secondary N) is 2. The first kappa shape index (κ1) is 14.6. The van der Waals surface area contributed by atoms with Gasteiger partial charge in [-0.2, -0.15) is 0 Å². The molecule has 0 aliphatic carbocycles. The predicted octanol–water partition coefficient (Wildman–Crippen LogP) is 1.40. The van der Waals surface area contributed by atoms with Gasteiger partial charge in [-0.3, -0.25) is 4.99 Å². The van der Waals surface area contributed by atoms with Crippen LogP contribution in [0.2, 0.25) is 0 Å². The van der Waals surface area contributed by atoms with Crippen LogP contribution < -0.4 is 10.6 Å². The van der Waals surface area contributed by atoms with Crippen LogP contribution >= 0.6 is 0 Å². The van der Waals surface area contributed by atoms with Gasteiger partial charge in [0.05, 0.1) is 6.54 Å². The van der Waals surface area contributed by atoms with Gasteiger partial charge in [-0.15, -0.1) is 10.2 Å². The number of aliphatic imine (C=N–C) groups is 1. The lowest BCUT2D eigenvalue weighted by Gasteiger charge is -2.12. The summed E-state index contributed by atoms with van der Waals surface area (Å²) in [6.07, 6.45) is 2.20. The molecule has 0 amide bonds. The fraction of sp³-hybridized carbons (Fsp3) is 0.438. The highest BCUT2D eigenvalue weighted by Gasteiger charge is 2.16. The highest BCUT2D eigenvalue weighted by molar-refractivity contribution is 5.79. The van der Waals surface area contributed by atoms with Gasteiger partial charge in [0.15, 0.2) is 11.8 Å². The molecule has 6 heteroatoms. The maximum absolute atomic E-state index is 4.26.